The van der Waals surface area contributed by atoms with Crippen molar-refractivity contribution in [1.29, 1.82) is 0 Å². The standard InChI is InChI=1S/BHINS/c2-1-3-4/h4H. The second kappa shape index (κ2) is 3.94. The van der Waals surface area contributed by atoms with E-state index in [1.54, 1.807) is 4.93 Å². The molecular formula is HBINS. The van der Waals surface area contributed by atoms with Gasteiger partial charge in [0, 0.05) is 0 Å². The van der Waals surface area contributed by atoms with Crippen LogP contribution in [-0.2, 0) is 0 Å². The van der Waals surface area contributed by atoms with Crippen molar-refractivity contribution >= 4 is 40.1 Å². The van der Waals surface area contributed by atoms with Crippen LogP contribution >= 0.6 is 35.2 Å². The topological polar surface area (TPSA) is 12.4 Å². The normalized spacial score (nSPS) is 7.50. The molecule has 0 fully saturated rings. The number of thiol groups is 1. The van der Waals surface area contributed by atoms with Crippen molar-refractivity contribution in [2.75, 3.05) is 0 Å². The van der Waals surface area contributed by atoms with Crippen molar-refractivity contribution in [1.82, 2.24) is 0 Å². The predicted molar refractivity (Wildman–Crippen MR) is 31.2 cm³/mol. The summed E-state index contributed by atoms with van der Waals surface area (Å²) in [5, 5.41) is 0. The van der Waals surface area contributed by atoms with Gasteiger partial charge in [-0.2, -0.15) is 0 Å². The van der Waals surface area contributed by atoms with Crippen molar-refractivity contribution in [3.63, 3.8) is 0 Å². The molecule has 0 rings (SSSR count). The van der Waals surface area contributed by atoms with E-state index in [0.29, 0.717) is 0 Å². The third kappa shape index (κ3) is 2.94. The van der Waals surface area contributed by atoms with Crippen LogP contribution in [0.3, 0.4) is 0 Å². The molecule has 0 radical (unpaired) electrons. The van der Waals surface area contributed by atoms with Crippen molar-refractivity contribution in [3.05, 3.63) is 0 Å². The van der Waals surface area contributed by atoms with E-state index in [1.807, 2.05) is 22.4 Å². The number of rotatable bonds is 0. The molecule has 0 aromatic heterocycles. The predicted octanol–water partition coefficient (Wildman–Crippen LogP) is 1.07. The van der Waals surface area contributed by atoms with Gasteiger partial charge >= 0.3 is 44.4 Å². The van der Waals surface area contributed by atoms with Crippen LogP contribution in [0.15, 0.2) is 4.30 Å². The summed E-state index contributed by atoms with van der Waals surface area (Å²) < 4.78 is 3.29. The molecule has 0 atom stereocenters. The van der Waals surface area contributed by atoms with Crippen LogP contribution in [0.5, 0.6) is 0 Å². The van der Waals surface area contributed by atoms with Gasteiger partial charge in [0.25, 0.3) is 0 Å². The van der Waals surface area contributed by atoms with Gasteiger partial charge in [-0.05, 0) is 0 Å². The third-order valence-electron chi connectivity index (χ3n) is 0.0436. The van der Waals surface area contributed by atoms with Crippen LogP contribution in [0.1, 0.15) is 0 Å². The summed E-state index contributed by atoms with van der Waals surface area (Å²) in [5.41, 5.74) is 0. The average Bonchev–Trinajstić information content (AvgIpc) is 1.37. The van der Waals surface area contributed by atoms with E-state index in [0.717, 1.165) is 0 Å². The zero-order valence-corrected chi connectivity index (χ0v) is 4.90. The minimum absolute atomic E-state index is 1.58. The van der Waals surface area contributed by atoms with Gasteiger partial charge in [0.15, 0.2) is 0 Å². The van der Waals surface area contributed by atoms with E-state index in [1.165, 1.54) is 0 Å². The zero-order chi connectivity index (χ0) is 3.41. The summed E-state index contributed by atoms with van der Waals surface area (Å²) >= 11 is 5.47. The molecule has 0 aliphatic heterocycles. The first-order valence-corrected chi connectivity index (χ1v) is 2.32. The molecule has 0 spiro atoms. The molecule has 0 aliphatic rings. The maximum absolute atomic E-state index is 3.48. The molecule has 4 heteroatoms. The Morgan fingerprint density at radius 1 is 2.00 bits per heavy atom. The summed E-state index contributed by atoms with van der Waals surface area (Å²) in [6, 6.07) is 0. The molecule has 0 saturated heterocycles. The van der Waals surface area contributed by atoms with Gasteiger partial charge in [-0.3, -0.25) is 0 Å². The van der Waals surface area contributed by atoms with E-state index in [2.05, 4.69) is 17.1 Å². The van der Waals surface area contributed by atoms with Gasteiger partial charge in [-0.15, -0.1) is 0 Å². The molecular weight excluding hydrogens is 184 g/mol. The molecule has 0 bridgehead atoms. The van der Waals surface area contributed by atoms with E-state index in [9.17, 15) is 0 Å². The van der Waals surface area contributed by atoms with Crippen LogP contribution in [0, 0.1) is 0 Å². The molecule has 0 aromatic rings. The van der Waals surface area contributed by atoms with Gasteiger partial charge in [-0.1, -0.05) is 0 Å². The summed E-state index contributed by atoms with van der Waals surface area (Å²) in [6.07, 6.45) is 0. The fraction of sp³-hybridized carbons (Fsp3) is 0. The summed E-state index contributed by atoms with van der Waals surface area (Å²) in [6.45, 7) is 0. The second-order valence-electron chi connectivity index (χ2n) is 0.213. The van der Waals surface area contributed by atoms with E-state index in [-0.39, 0.29) is 0 Å². The van der Waals surface area contributed by atoms with Crippen molar-refractivity contribution in [2.24, 2.45) is 4.30 Å². The van der Waals surface area contributed by atoms with E-state index in [4.69, 9.17) is 0 Å². The molecule has 0 aromatic carbocycles. The van der Waals surface area contributed by atoms with E-state index < -0.39 is 0 Å². The molecule has 0 unspecified atom stereocenters. The van der Waals surface area contributed by atoms with Crippen LogP contribution in [0.4, 0.5) is 0 Å². The Morgan fingerprint density at radius 2 is 2.25 bits per heavy atom. The van der Waals surface area contributed by atoms with Crippen LogP contribution in [0.25, 0.3) is 0 Å². The monoisotopic (exact) mass is 185 g/mol. The van der Waals surface area contributed by atoms with Crippen LogP contribution in [-0.4, -0.2) is 4.93 Å². The fourth-order valence-corrected chi connectivity index (χ4v) is 0. The van der Waals surface area contributed by atoms with Crippen LogP contribution in [0.2, 0.25) is 0 Å². The molecule has 22 valence electrons. The van der Waals surface area contributed by atoms with Gasteiger partial charge in [-0.25, -0.2) is 0 Å². The van der Waals surface area contributed by atoms with Gasteiger partial charge in [0.1, 0.15) is 0 Å². The minimum atomic E-state index is 1.58. The number of halogens is 1. The summed E-state index contributed by atoms with van der Waals surface area (Å²) in [5.74, 6) is 0. The molecule has 0 heterocycles. The molecule has 4 heavy (non-hydrogen) atoms. The molecule has 1 nitrogen and oxygen atoms in total. The fourth-order valence-electron chi connectivity index (χ4n) is 0. The molecule has 0 N–H and O–H groups in total. The Balaban J connectivity index is 2.55. The van der Waals surface area contributed by atoms with Crippen molar-refractivity contribution in [3.8, 4) is 0 Å². The zero-order valence-electron chi connectivity index (χ0n) is 1.85. The van der Waals surface area contributed by atoms with E-state index >= 15 is 0 Å². The summed E-state index contributed by atoms with van der Waals surface area (Å²) in [7, 11) is 0. The van der Waals surface area contributed by atoms with Gasteiger partial charge in [0.2, 0.25) is 0 Å². The van der Waals surface area contributed by atoms with Crippen molar-refractivity contribution < 1.29 is 0 Å². The maximum atomic E-state index is 3.48. The third-order valence-corrected chi connectivity index (χ3v) is 0.878. The Morgan fingerprint density at radius 3 is 2.25 bits per heavy atom. The first-order valence-electron chi connectivity index (χ1n) is 0.676. The van der Waals surface area contributed by atoms with Crippen LogP contribution < -0.4 is 0 Å². The second-order valence-corrected chi connectivity index (χ2v) is 1.00. The average molecular weight is 185 g/mol. The SMILES string of the molecule is SN=BI. The molecule has 0 amide bonds. The Labute approximate surface area is 44.5 Å². The first kappa shape index (κ1) is 4.94. The molecule has 0 saturated carbocycles. The van der Waals surface area contributed by atoms with Gasteiger partial charge < -0.3 is 0 Å². The number of nitrogens with zero attached hydrogens (tertiary/aromatic N) is 1. The molecule has 0 aliphatic carbocycles. The Bertz CT molecular complexity index is 23.2. The number of hydrogen-bond acceptors (Lipinski definition) is 2. The Hall–Kier alpha value is 0.945. The number of hydrogen-bond donors (Lipinski definition) is 1. The quantitative estimate of drug-likeness (QED) is 0.329. The van der Waals surface area contributed by atoms with Crippen molar-refractivity contribution in [2.45, 2.75) is 0 Å². The summed E-state index contributed by atoms with van der Waals surface area (Å²) in [4.78, 5) is 1.58. The first-order chi connectivity index (χ1) is 1.91. The Kier molecular flexibility index (Phi) is 4.88. The van der Waals surface area contributed by atoms with Gasteiger partial charge in [0.05, 0.1) is 0 Å².